The van der Waals surface area contributed by atoms with Crippen LogP contribution in [0, 0.1) is 0 Å². The zero-order valence-electron chi connectivity index (χ0n) is 15.6. The Labute approximate surface area is 150 Å². The topological polar surface area (TPSA) is 53.9 Å². The molecule has 3 rings (SSSR count). The van der Waals surface area contributed by atoms with Gasteiger partial charge in [-0.3, -0.25) is 4.90 Å². The van der Waals surface area contributed by atoms with Gasteiger partial charge in [0.05, 0.1) is 11.4 Å². The second kappa shape index (κ2) is 8.39. The molecule has 25 heavy (non-hydrogen) atoms. The van der Waals surface area contributed by atoms with Crippen molar-refractivity contribution < 1.29 is 0 Å². The molecule has 1 N–H and O–H groups in total. The van der Waals surface area contributed by atoms with Gasteiger partial charge in [0.25, 0.3) is 0 Å². The third-order valence-corrected chi connectivity index (χ3v) is 5.20. The van der Waals surface area contributed by atoms with Crippen LogP contribution in [0.2, 0.25) is 0 Å². The van der Waals surface area contributed by atoms with Crippen molar-refractivity contribution in [2.24, 2.45) is 0 Å². The van der Waals surface area contributed by atoms with Gasteiger partial charge >= 0.3 is 0 Å². The minimum atomic E-state index is 0.429. The highest BCUT2D eigenvalue weighted by Crippen LogP contribution is 2.24. The molecule has 5 nitrogen and oxygen atoms in total. The highest BCUT2D eigenvalue weighted by Gasteiger charge is 2.24. The second-order valence-corrected chi connectivity index (χ2v) is 6.78. The van der Waals surface area contributed by atoms with Crippen molar-refractivity contribution in [1.82, 2.24) is 20.1 Å². The van der Waals surface area contributed by atoms with E-state index < -0.39 is 0 Å². The number of nitrogens with one attached hydrogen (secondary N) is 1. The minimum absolute atomic E-state index is 0.429. The molecule has 1 saturated heterocycles. The molecular formula is C20H29N5. The third-order valence-electron chi connectivity index (χ3n) is 5.20. The summed E-state index contributed by atoms with van der Waals surface area (Å²) >= 11 is 0. The summed E-state index contributed by atoms with van der Waals surface area (Å²) in [6, 6.07) is 11.7. The summed E-state index contributed by atoms with van der Waals surface area (Å²) < 4.78 is 0. The Morgan fingerprint density at radius 2 is 1.72 bits per heavy atom. The maximum Gasteiger partial charge on any atom is 0.243 e. The summed E-state index contributed by atoms with van der Waals surface area (Å²) in [6.45, 7) is 8.70. The standard InChI is InChI=1S/C20H29N5/c1-4-18-19(5-2)23-24-20(22-18)21-17-11-13-25(14-12-17)15(3)16-9-7-6-8-10-16/h6-10,15,17H,4-5,11-14H2,1-3H3,(H,21,22,24). The average molecular weight is 339 g/mol. The van der Waals surface area contributed by atoms with Crippen LogP contribution in [0.3, 0.4) is 0 Å². The van der Waals surface area contributed by atoms with Gasteiger partial charge in [0, 0.05) is 25.2 Å². The van der Waals surface area contributed by atoms with Crippen LogP contribution in [0.1, 0.15) is 56.6 Å². The van der Waals surface area contributed by atoms with E-state index in [0.717, 1.165) is 50.2 Å². The van der Waals surface area contributed by atoms with E-state index in [-0.39, 0.29) is 0 Å². The second-order valence-electron chi connectivity index (χ2n) is 6.78. The van der Waals surface area contributed by atoms with Gasteiger partial charge in [0.15, 0.2) is 0 Å². The van der Waals surface area contributed by atoms with Gasteiger partial charge in [0.2, 0.25) is 5.95 Å². The van der Waals surface area contributed by atoms with Gasteiger partial charge in [-0.05, 0) is 38.2 Å². The van der Waals surface area contributed by atoms with Crippen molar-refractivity contribution in [2.75, 3.05) is 18.4 Å². The van der Waals surface area contributed by atoms with E-state index in [4.69, 9.17) is 0 Å². The molecule has 0 bridgehead atoms. The number of hydrogen-bond donors (Lipinski definition) is 1. The number of benzene rings is 1. The highest BCUT2D eigenvalue weighted by molar-refractivity contribution is 5.27. The van der Waals surface area contributed by atoms with Crippen molar-refractivity contribution in [3.8, 4) is 0 Å². The van der Waals surface area contributed by atoms with E-state index >= 15 is 0 Å². The summed E-state index contributed by atoms with van der Waals surface area (Å²) in [5.74, 6) is 0.684. The first-order valence-corrected chi connectivity index (χ1v) is 9.49. The Balaban J connectivity index is 1.56. The lowest BCUT2D eigenvalue weighted by Gasteiger charge is -2.36. The fraction of sp³-hybridized carbons (Fsp3) is 0.550. The molecule has 1 fully saturated rings. The van der Waals surface area contributed by atoms with Crippen molar-refractivity contribution in [1.29, 1.82) is 0 Å². The van der Waals surface area contributed by atoms with Crippen molar-refractivity contribution in [3.05, 3.63) is 47.3 Å². The first kappa shape index (κ1) is 17.8. The van der Waals surface area contributed by atoms with Gasteiger partial charge < -0.3 is 5.32 Å². The van der Waals surface area contributed by atoms with Crippen LogP contribution >= 0.6 is 0 Å². The molecule has 2 heterocycles. The number of anilines is 1. The number of hydrogen-bond acceptors (Lipinski definition) is 5. The van der Waals surface area contributed by atoms with Crippen molar-refractivity contribution >= 4 is 5.95 Å². The number of aryl methyl sites for hydroxylation is 2. The Morgan fingerprint density at radius 3 is 2.36 bits per heavy atom. The lowest BCUT2D eigenvalue weighted by molar-refractivity contribution is 0.167. The number of nitrogens with zero attached hydrogens (tertiary/aromatic N) is 4. The molecule has 1 atom stereocenters. The predicted octanol–water partition coefficient (Wildman–Crippen LogP) is 3.63. The molecule has 0 aliphatic carbocycles. The van der Waals surface area contributed by atoms with Crippen LogP contribution in [0.4, 0.5) is 5.95 Å². The molecule has 0 amide bonds. The summed E-state index contributed by atoms with van der Waals surface area (Å²) in [7, 11) is 0. The zero-order chi connectivity index (χ0) is 17.6. The smallest absolute Gasteiger partial charge is 0.243 e. The lowest BCUT2D eigenvalue weighted by Crippen LogP contribution is -2.40. The fourth-order valence-corrected chi connectivity index (χ4v) is 3.56. The lowest BCUT2D eigenvalue weighted by atomic mass is 10.0. The number of likely N-dealkylation sites (tertiary alicyclic amines) is 1. The largest absolute Gasteiger partial charge is 0.350 e. The van der Waals surface area contributed by atoms with E-state index in [9.17, 15) is 0 Å². The van der Waals surface area contributed by atoms with E-state index in [2.05, 4.69) is 76.5 Å². The fourth-order valence-electron chi connectivity index (χ4n) is 3.56. The summed E-state index contributed by atoms with van der Waals surface area (Å²) in [5, 5.41) is 12.1. The van der Waals surface area contributed by atoms with Gasteiger partial charge in [-0.25, -0.2) is 4.98 Å². The van der Waals surface area contributed by atoms with E-state index in [1.165, 1.54) is 5.56 Å². The van der Waals surface area contributed by atoms with E-state index in [1.54, 1.807) is 0 Å². The van der Waals surface area contributed by atoms with E-state index in [0.29, 0.717) is 18.0 Å². The normalized spacial score (nSPS) is 17.4. The average Bonchev–Trinajstić information content (AvgIpc) is 2.68. The van der Waals surface area contributed by atoms with Crippen LogP contribution in [0.15, 0.2) is 30.3 Å². The third kappa shape index (κ3) is 4.34. The molecule has 0 radical (unpaired) electrons. The van der Waals surface area contributed by atoms with Crippen LogP contribution in [-0.4, -0.2) is 39.2 Å². The molecule has 1 aromatic heterocycles. The minimum Gasteiger partial charge on any atom is -0.350 e. The van der Waals surface area contributed by atoms with E-state index in [1.807, 2.05) is 0 Å². The molecule has 1 aliphatic rings. The summed E-state index contributed by atoms with van der Waals surface area (Å²) in [6.07, 6.45) is 4.01. The van der Waals surface area contributed by atoms with Gasteiger partial charge in [0.1, 0.15) is 0 Å². The first-order valence-electron chi connectivity index (χ1n) is 9.49. The molecule has 0 saturated carbocycles. The highest BCUT2D eigenvalue weighted by atomic mass is 15.3. The van der Waals surface area contributed by atoms with Gasteiger partial charge in [-0.15, -0.1) is 5.10 Å². The molecule has 5 heteroatoms. The van der Waals surface area contributed by atoms with Crippen LogP contribution in [-0.2, 0) is 12.8 Å². The molecule has 134 valence electrons. The molecule has 2 aromatic rings. The number of rotatable bonds is 6. The molecule has 1 aliphatic heterocycles. The summed E-state index contributed by atoms with van der Waals surface area (Å²) in [4.78, 5) is 7.22. The van der Waals surface area contributed by atoms with Crippen LogP contribution in [0.5, 0.6) is 0 Å². The quantitative estimate of drug-likeness (QED) is 0.871. The van der Waals surface area contributed by atoms with Gasteiger partial charge in [-0.1, -0.05) is 44.2 Å². The Morgan fingerprint density at radius 1 is 1.04 bits per heavy atom. The summed E-state index contributed by atoms with van der Waals surface area (Å²) in [5.41, 5.74) is 3.47. The Kier molecular flexibility index (Phi) is 5.97. The predicted molar refractivity (Wildman–Crippen MR) is 102 cm³/mol. The maximum absolute atomic E-state index is 4.66. The van der Waals surface area contributed by atoms with Crippen molar-refractivity contribution in [3.63, 3.8) is 0 Å². The first-order chi connectivity index (χ1) is 12.2. The molecular weight excluding hydrogens is 310 g/mol. The zero-order valence-corrected chi connectivity index (χ0v) is 15.6. The van der Waals surface area contributed by atoms with Gasteiger partial charge in [-0.2, -0.15) is 5.10 Å². The number of aromatic nitrogens is 3. The maximum atomic E-state index is 4.66. The SMILES string of the molecule is CCc1nnc(NC2CCN(C(C)c3ccccc3)CC2)nc1CC. The van der Waals surface area contributed by atoms with Crippen LogP contribution in [0.25, 0.3) is 0 Å². The van der Waals surface area contributed by atoms with Crippen LogP contribution < -0.4 is 5.32 Å². The number of piperidine rings is 1. The Hall–Kier alpha value is -2.01. The molecule has 1 aromatic carbocycles. The monoisotopic (exact) mass is 339 g/mol. The molecule has 0 spiro atoms. The molecule has 1 unspecified atom stereocenters. The van der Waals surface area contributed by atoms with Crippen molar-refractivity contribution in [2.45, 2.75) is 58.5 Å². The Bertz CT molecular complexity index is 665.